The van der Waals surface area contributed by atoms with Crippen molar-refractivity contribution in [3.05, 3.63) is 36.0 Å². The van der Waals surface area contributed by atoms with Crippen molar-refractivity contribution in [3.63, 3.8) is 0 Å². The number of carboxylic acid groups (broad SMARTS) is 1. The smallest absolute Gasteiger partial charge is 0.407 e. The number of aromatic carboxylic acids is 1. The van der Waals surface area contributed by atoms with Gasteiger partial charge < -0.3 is 19.7 Å². The summed E-state index contributed by atoms with van der Waals surface area (Å²) in [7, 11) is 0. The highest BCUT2D eigenvalue weighted by Crippen LogP contribution is 2.18. The molecule has 0 spiro atoms. The number of rotatable bonds is 5. The van der Waals surface area contributed by atoms with Crippen molar-refractivity contribution in [1.82, 2.24) is 9.88 Å². The largest absolute Gasteiger partial charge is 0.478 e. The maximum absolute atomic E-state index is 11.5. The molecule has 1 heterocycles. The molecule has 2 rings (SSSR count). The van der Waals surface area contributed by atoms with E-state index in [0.29, 0.717) is 13.1 Å². The van der Waals surface area contributed by atoms with E-state index in [2.05, 4.69) is 5.32 Å². The molecule has 2 N–H and O–H groups in total. The minimum absolute atomic E-state index is 0.268. The lowest BCUT2D eigenvalue weighted by molar-refractivity contribution is 0.0526. The predicted molar refractivity (Wildman–Crippen MR) is 87.8 cm³/mol. The molecule has 0 atom stereocenters. The van der Waals surface area contributed by atoms with Gasteiger partial charge in [0, 0.05) is 24.8 Å². The molecule has 0 unspecified atom stereocenters. The third-order valence-corrected chi connectivity index (χ3v) is 3.26. The fourth-order valence-corrected chi connectivity index (χ4v) is 2.27. The average molecular weight is 318 g/mol. The summed E-state index contributed by atoms with van der Waals surface area (Å²) >= 11 is 0. The topological polar surface area (TPSA) is 80.6 Å². The van der Waals surface area contributed by atoms with Crippen LogP contribution in [-0.4, -0.2) is 33.9 Å². The Morgan fingerprint density at radius 1 is 1.26 bits per heavy atom. The first-order chi connectivity index (χ1) is 10.8. The summed E-state index contributed by atoms with van der Waals surface area (Å²) in [5, 5.41) is 12.8. The van der Waals surface area contributed by atoms with Gasteiger partial charge in [-0.2, -0.15) is 0 Å². The Bertz CT molecular complexity index is 713. The summed E-state index contributed by atoms with van der Waals surface area (Å²) in [6, 6.07) is 7.01. The molecule has 6 heteroatoms. The molecule has 0 bridgehead atoms. The monoisotopic (exact) mass is 318 g/mol. The highest BCUT2D eigenvalue weighted by Gasteiger charge is 2.15. The van der Waals surface area contributed by atoms with E-state index in [4.69, 9.17) is 9.84 Å². The summed E-state index contributed by atoms with van der Waals surface area (Å²) < 4.78 is 7.15. The van der Waals surface area contributed by atoms with E-state index in [1.165, 1.54) is 0 Å². The number of amides is 1. The number of carbonyl (C=O) groups is 2. The highest BCUT2D eigenvalue weighted by atomic mass is 16.6. The summed E-state index contributed by atoms with van der Waals surface area (Å²) in [6.07, 6.45) is 2.22. The van der Waals surface area contributed by atoms with Gasteiger partial charge in [0.25, 0.3) is 0 Å². The molecule has 1 aromatic heterocycles. The van der Waals surface area contributed by atoms with Crippen LogP contribution in [0, 0.1) is 0 Å². The Kier molecular flexibility index (Phi) is 4.93. The van der Waals surface area contributed by atoms with Crippen LogP contribution < -0.4 is 5.32 Å². The molecule has 6 nitrogen and oxygen atoms in total. The molecule has 1 aromatic carbocycles. The Morgan fingerprint density at radius 3 is 2.65 bits per heavy atom. The van der Waals surface area contributed by atoms with Gasteiger partial charge >= 0.3 is 12.1 Å². The van der Waals surface area contributed by atoms with E-state index in [-0.39, 0.29) is 5.56 Å². The molecule has 0 aliphatic carbocycles. The van der Waals surface area contributed by atoms with Crippen LogP contribution in [0.5, 0.6) is 0 Å². The third kappa shape index (κ3) is 4.74. The van der Waals surface area contributed by atoms with Gasteiger partial charge in [-0.3, -0.25) is 0 Å². The lowest BCUT2D eigenvalue weighted by atomic mass is 10.1. The van der Waals surface area contributed by atoms with Crippen molar-refractivity contribution in [1.29, 1.82) is 0 Å². The Morgan fingerprint density at radius 2 is 2.00 bits per heavy atom. The molecular weight excluding hydrogens is 296 g/mol. The molecule has 2 aromatic rings. The van der Waals surface area contributed by atoms with Crippen LogP contribution in [0.4, 0.5) is 4.79 Å². The van der Waals surface area contributed by atoms with Gasteiger partial charge in [0.15, 0.2) is 0 Å². The fraction of sp³-hybridized carbons (Fsp3) is 0.412. The predicted octanol–water partition coefficient (Wildman–Crippen LogP) is 3.25. The number of aromatic nitrogens is 1. The quantitative estimate of drug-likeness (QED) is 0.829. The molecule has 0 saturated carbocycles. The zero-order valence-corrected chi connectivity index (χ0v) is 13.6. The second-order valence-corrected chi connectivity index (χ2v) is 6.37. The standard InChI is InChI=1S/C17H22N2O4/c1-17(2,3)23-16(22)18-8-4-9-19-10-7-12-5-6-13(15(20)21)11-14(12)19/h5-7,10-11H,4,8-9H2,1-3H3,(H,18,22)(H,20,21). The minimum atomic E-state index is -0.939. The first-order valence-electron chi connectivity index (χ1n) is 7.55. The van der Waals surface area contributed by atoms with Gasteiger partial charge in [0.2, 0.25) is 0 Å². The van der Waals surface area contributed by atoms with Gasteiger partial charge in [0.1, 0.15) is 5.60 Å². The number of fused-ring (bicyclic) bond motifs is 1. The van der Waals surface area contributed by atoms with Crippen LogP contribution in [0.2, 0.25) is 0 Å². The molecule has 1 amide bonds. The van der Waals surface area contributed by atoms with Gasteiger partial charge in [-0.25, -0.2) is 9.59 Å². The molecule has 0 fully saturated rings. The van der Waals surface area contributed by atoms with E-state index in [9.17, 15) is 9.59 Å². The first-order valence-corrected chi connectivity index (χ1v) is 7.55. The van der Waals surface area contributed by atoms with Crippen LogP contribution >= 0.6 is 0 Å². The molecule has 124 valence electrons. The molecular formula is C17H22N2O4. The molecule has 0 aliphatic heterocycles. The van der Waals surface area contributed by atoms with E-state index >= 15 is 0 Å². The number of carbonyl (C=O) groups excluding carboxylic acids is 1. The second-order valence-electron chi connectivity index (χ2n) is 6.37. The SMILES string of the molecule is CC(C)(C)OC(=O)NCCCn1ccc2ccc(C(=O)O)cc21. The van der Waals surface area contributed by atoms with E-state index in [1.54, 1.807) is 18.2 Å². The van der Waals surface area contributed by atoms with Gasteiger partial charge in [-0.05, 0) is 50.8 Å². The zero-order chi connectivity index (χ0) is 17.0. The number of nitrogens with one attached hydrogen (secondary N) is 1. The molecule has 0 saturated heterocycles. The number of alkyl carbamates (subject to hydrolysis) is 1. The normalized spacial score (nSPS) is 11.4. The van der Waals surface area contributed by atoms with Crippen LogP contribution in [-0.2, 0) is 11.3 Å². The Hall–Kier alpha value is -2.50. The van der Waals surface area contributed by atoms with Crippen LogP contribution in [0.1, 0.15) is 37.6 Å². The number of hydrogen-bond donors (Lipinski definition) is 2. The summed E-state index contributed by atoms with van der Waals surface area (Å²) in [6.45, 7) is 6.63. The van der Waals surface area contributed by atoms with Crippen LogP contribution in [0.3, 0.4) is 0 Å². The van der Waals surface area contributed by atoms with E-state index in [1.807, 2.05) is 37.6 Å². The van der Waals surface area contributed by atoms with Gasteiger partial charge in [-0.15, -0.1) is 0 Å². The minimum Gasteiger partial charge on any atom is -0.478 e. The van der Waals surface area contributed by atoms with Crippen molar-refractivity contribution in [2.75, 3.05) is 6.54 Å². The summed E-state index contributed by atoms with van der Waals surface area (Å²) in [4.78, 5) is 22.6. The number of aryl methyl sites for hydroxylation is 1. The van der Waals surface area contributed by atoms with Gasteiger partial charge in [0.05, 0.1) is 5.56 Å². The van der Waals surface area contributed by atoms with Crippen LogP contribution in [0.25, 0.3) is 10.9 Å². The van der Waals surface area contributed by atoms with E-state index in [0.717, 1.165) is 17.3 Å². The molecule has 0 radical (unpaired) electrons. The van der Waals surface area contributed by atoms with E-state index < -0.39 is 17.7 Å². The third-order valence-electron chi connectivity index (χ3n) is 3.26. The number of benzene rings is 1. The molecule has 23 heavy (non-hydrogen) atoms. The lowest BCUT2D eigenvalue weighted by Gasteiger charge is -2.19. The summed E-state index contributed by atoms with van der Waals surface area (Å²) in [5.74, 6) is -0.939. The van der Waals surface area contributed by atoms with Crippen molar-refractivity contribution >= 4 is 23.0 Å². The van der Waals surface area contributed by atoms with Crippen LogP contribution in [0.15, 0.2) is 30.5 Å². The fourth-order valence-electron chi connectivity index (χ4n) is 2.27. The van der Waals surface area contributed by atoms with Crippen molar-refractivity contribution in [3.8, 4) is 0 Å². The lowest BCUT2D eigenvalue weighted by Crippen LogP contribution is -2.33. The number of ether oxygens (including phenoxy) is 1. The number of nitrogens with zero attached hydrogens (tertiary/aromatic N) is 1. The number of hydrogen-bond acceptors (Lipinski definition) is 3. The van der Waals surface area contributed by atoms with Crippen molar-refractivity contribution < 1.29 is 19.4 Å². The highest BCUT2D eigenvalue weighted by molar-refractivity contribution is 5.93. The molecule has 0 aliphatic rings. The first kappa shape index (κ1) is 16.9. The average Bonchev–Trinajstić information content (AvgIpc) is 2.84. The van der Waals surface area contributed by atoms with Gasteiger partial charge in [-0.1, -0.05) is 6.07 Å². The zero-order valence-electron chi connectivity index (χ0n) is 13.6. The van der Waals surface area contributed by atoms with Crippen molar-refractivity contribution in [2.45, 2.75) is 39.3 Å². The number of carboxylic acids is 1. The maximum Gasteiger partial charge on any atom is 0.407 e. The Balaban J connectivity index is 1.91. The maximum atomic E-state index is 11.5. The summed E-state index contributed by atoms with van der Waals surface area (Å²) in [5.41, 5.74) is 0.639. The van der Waals surface area contributed by atoms with Crippen molar-refractivity contribution in [2.24, 2.45) is 0 Å². The second kappa shape index (κ2) is 6.73. The Labute approximate surface area is 135 Å².